The van der Waals surface area contributed by atoms with E-state index >= 15 is 0 Å². The number of hydrogen-bond acceptors (Lipinski definition) is 5. The third kappa shape index (κ3) is 4.03. The van der Waals surface area contributed by atoms with E-state index in [2.05, 4.69) is 33.4 Å². The highest BCUT2D eigenvalue weighted by Gasteiger charge is 2.31. The summed E-state index contributed by atoms with van der Waals surface area (Å²) in [7, 11) is 0. The largest absolute Gasteiger partial charge is 0.408 e. The molecule has 2 aromatic rings. The van der Waals surface area contributed by atoms with E-state index in [9.17, 15) is 13.2 Å². The number of nitrogens with zero attached hydrogens (tertiary/aromatic N) is 5. The molecule has 2 heterocycles. The van der Waals surface area contributed by atoms with Gasteiger partial charge in [0.2, 0.25) is 0 Å². The van der Waals surface area contributed by atoms with Crippen molar-refractivity contribution in [2.75, 3.05) is 5.75 Å². The molecule has 3 rings (SSSR count). The van der Waals surface area contributed by atoms with E-state index in [0.717, 1.165) is 10.4 Å². The van der Waals surface area contributed by atoms with Gasteiger partial charge in [0.1, 0.15) is 6.54 Å². The molecule has 0 saturated carbocycles. The summed E-state index contributed by atoms with van der Waals surface area (Å²) in [6.07, 6.45) is -4.34. The number of fused-ring (bicyclic) bond motifs is 1. The van der Waals surface area contributed by atoms with Crippen LogP contribution in [0.2, 0.25) is 0 Å². The summed E-state index contributed by atoms with van der Waals surface area (Å²) in [5.74, 6) is 1.11. The van der Waals surface area contributed by atoms with Crippen LogP contribution in [-0.2, 0) is 19.6 Å². The molecule has 23 heavy (non-hydrogen) atoms. The number of halogens is 3. The lowest BCUT2D eigenvalue weighted by atomic mass is 10.2. The van der Waals surface area contributed by atoms with Crippen molar-refractivity contribution in [2.45, 2.75) is 43.7 Å². The fourth-order valence-corrected chi connectivity index (χ4v) is 3.61. The highest BCUT2D eigenvalue weighted by molar-refractivity contribution is 7.99. The van der Waals surface area contributed by atoms with Crippen molar-refractivity contribution in [2.24, 2.45) is 0 Å². The molecule has 1 aliphatic rings. The van der Waals surface area contributed by atoms with Gasteiger partial charge in [0, 0.05) is 23.2 Å². The van der Waals surface area contributed by atoms with Gasteiger partial charge < -0.3 is 0 Å². The second-order valence-electron chi connectivity index (χ2n) is 5.54. The van der Waals surface area contributed by atoms with Gasteiger partial charge in [-0.15, -0.1) is 16.9 Å². The molecule has 0 amide bonds. The van der Waals surface area contributed by atoms with Gasteiger partial charge >= 0.3 is 6.18 Å². The maximum atomic E-state index is 12.6. The molecule has 0 fully saturated rings. The zero-order chi connectivity index (χ0) is 16.4. The van der Waals surface area contributed by atoms with Crippen molar-refractivity contribution in [1.82, 2.24) is 25.1 Å². The molecule has 9 heteroatoms. The topological polar surface area (TPSA) is 46.8 Å². The maximum absolute atomic E-state index is 12.6. The van der Waals surface area contributed by atoms with Crippen LogP contribution in [-0.4, -0.2) is 43.1 Å². The molecule has 1 unspecified atom stereocenters. The number of hydrogen-bond donors (Lipinski definition) is 0. The molecule has 0 saturated heterocycles. The third-order valence-electron chi connectivity index (χ3n) is 3.73. The Bertz CT molecular complexity index is 672. The maximum Gasteiger partial charge on any atom is 0.408 e. The second kappa shape index (κ2) is 6.48. The molecular formula is C14H16F3N5S. The monoisotopic (exact) mass is 343 g/mol. The number of alkyl halides is 3. The van der Waals surface area contributed by atoms with Gasteiger partial charge in [0.25, 0.3) is 0 Å². The first-order valence-electron chi connectivity index (χ1n) is 7.19. The molecular weight excluding hydrogens is 327 g/mol. The SMILES string of the molecule is CC1CSc2ccccc2CN1Cc1nnnn1CC(F)(F)F. The van der Waals surface area contributed by atoms with Gasteiger partial charge in [0.05, 0.1) is 6.54 Å². The van der Waals surface area contributed by atoms with Crippen LogP contribution in [0.3, 0.4) is 0 Å². The van der Waals surface area contributed by atoms with Crippen molar-refractivity contribution in [3.05, 3.63) is 35.7 Å². The molecule has 124 valence electrons. The van der Waals surface area contributed by atoms with E-state index < -0.39 is 12.7 Å². The van der Waals surface area contributed by atoms with E-state index in [4.69, 9.17) is 0 Å². The van der Waals surface area contributed by atoms with E-state index in [1.165, 1.54) is 10.5 Å². The molecule has 0 spiro atoms. The Hall–Kier alpha value is -1.61. The van der Waals surface area contributed by atoms with Crippen LogP contribution in [0.25, 0.3) is 0 Å². The van der Waals surface area contributed by atoms with Crippen LogP contribution in [0.5, 0.6) is 0 Å². The lowest BCUT2D eigenvalue weighted by Crippen LogP contribution is -2.34. The first-order valence-corrected chi connectivity index (χ1v) is 8.17. The summed E-state index contributed by atoms with van der Waals surface area (Å²) >= 11 is 1.77. The van der Waals surface area contributed by atoms with Crippen molar-refractivity contribution < 1.29 is 13.2 Å². The van der Waals surface area contributed by atoms with Gasteiger partial charge in [-0.2, -0.15) is 13.2 Å². The predicted molar refractivity (Wildman–Crippen MR) is 79.7 cm³/mol. The number of benzene rings is 1. The molecule has 0 N–H and O–H groups in total. The van der Waals surface area contributed by atoms with E-state index in [-0.39, 0.29) is 11.9 Å². The quantitative estimate of drug-likeness (QED) is 0.858. The van der Waals surface area contributed by atoms with Crippen LogP contribution in [0.15, 0.2) is 29.2 Å². The molecule has 0 radical (unpaired) electrons. The summed E-state index contributed by atoms with van der Waals surface area (Å²) in [5.41, 5.74) is 1.18. The van der Waals surface area contributed by atoms with Crippen molar-refractivity contribution in [3.8, 4) is 0 Å². The average Bonchev–Trinajstić information content (AvgIpc) is 2.82. The van der Waals surface area contributed by atoms with Crippen molar-refractivity contribution in [1.29, 1.82) is 0 Å². The number of rotatable bonds is 3. The van der Waals surface area contributed by atoms with Crippen LogP contribution < -0.4 is 0 Å². The molecule has 1 aliphatic heterocycles. The molecule has 5 nitrogen and oxygen atoms in total. The fourth-order valence-electron chi connectivity index (χ4n) is 2.49. The Morgan fingerprint density at radius 2 is 2.09 bits per heavy atom. The summed E-state index contributed by atoms with van der Waals surface area (Å²) < 4.78 is 38.6. The lowest BCUT2D eigenvalue weighted by molar-refractivity contribution is -0.143. The van der Waals surface area contributed by atoms with E-state index in [1.807, 2.05) is 18.2 Å². The van der Waals surface area contributed by atoms with Crippen LogP contribution >= 0.6 is 11.8 Å². The van der Waals surface area contributed by atoms with Crippen molar-refractivity contribution >= 4 is 11.8 Å². The molecule has 0 aliphatic carbocycles. The van der Waals surface area contributed by atoms with E-state index in [0.29, 0.717) is 13.1 Å². The molecule has 0 bridgehead atoms. The zero-order valence-electron chi connectivity index (χ0n) is 12.5. The van der Waals surface area contributed by atoms with Gasteiger partial charge in [-0.05, 0) is 29.0 Å². The van der Waals surface area contributed by atoms with Gasteiger partial charge in [0.15, 0.2) is 5.82 Å². The predicted octanol–water partition coefficient (Wildman–Crippen LogP) is 2.73. The Morgan fingerprint density at radius 3 is 2.87 bits per heavy atom. The summed E-state index contributed by atoms with van der Waals surface area (Å²) in [6, 6.07) is 8.30. The normalized spacial score (nSPS) is 19.4. The number of aromatic nitrogens is 4. The zero-order valence-corrected chi connectivity index (χ0v) is 13.3. The third-order valence-corrected chi connectivity index (χ3v) is 5.09. The van der Waals surface area contributed by atoms with Crippen LogP contribution in [0.4, 0.5) is 13.2 Å². The Labute approximate surface area is 135 Å². The fraction of sp³-hybridized carbons (Fsp3) is 0.500. The number of thioether (sulfide) groups is 1. The Kier molecular flexibility index (Phi) is 4.58. The van der Waals surface area contributed by atoms with E-state index in [1.54, 1.807) is 11.8 Å². The molecule has 1 atom stereocenters. The molecule has 1 aromatic heterocycles. The smallest absolute Gasteiger partial charge is 0.288 e. The molecule has 1 aromatic carbocycles. The van der Waals surface area contributed by atoms with Crippen LogP contribution in [0.1, 0.15) is 18.3 Å². The van der Waals surface area contributed by atoms with Gasteiger partial charge in [-0.25, -0.2) is 4.68 Å². The highest BCUT2D eigenvalue weighted by atomic mass is 32.2. The summed E-state index contributed by atoms with van der Waals surface area (Å²) in [4.78, 5) is 3.33. The van der Waals surface area contributed by atoms with Gasteiger partial charge in [-0.1, -0.05) is 18.2 Å². The summed E-state index contributed by atoms with van der Waals surface area (Å²) in [5, 5.41) is 10.6. The highest BCUT2D eigenvalue weighted by Crippen LogP contribution is 2.30. The minimum Gasteiger partial charge on any atom is -0.288 e. The lowest BCUT2D eigenvalue weighted by Gasteiger charge is -2.26. The standard InChI is InChI=1S/C14H16F3N5S/c1-10-8-23-12-5-3-2-4-11(12)6-21(10)7-13-18-19-20-22(13)9-14(15,16)17/h2-5,10H,6-9H2,1H3. The summed E-state index contributed by atoms with van der Waals surface area (Å²) in [6.45, 7) is 1.86. The average molecular weight is 343 g/mol. The Morgan fingerprint density at radius 1 is 1.30 bits per heavy atom. The minimum atomic E-state index is -4.34. The van der Waals surface area contributed by atoms with Crippen molar-refractivity contribution in [3.63, 3.8) is 0 Å². The second-order valence-corrected chi connectivity index (χ2v) is 6.60. The number of tetrazole rings is 1. The minimum absolute atomic E-state index is 0.212. The first-order chi connectivity index (χ1) is 10.9. The van der Waals surface area contributed by atoms with Gasteiger partial charge in [-0.3, -0.25) is 4.90 Å². The first kappa shape index (κ1) is 16.3. The Balaban J connectivity index is 1.78. The van der Waals surface area contributed by atoms with Crippen LogP contribution in [0, 0.1) is 0 Å².